The molecule has 0 spiro atoms. The Morgan fingerprint density at radius 3 is 2.38 bits per heavy atom. The molecule has 1 heterocycles. The summed E-state index contributed by atoms with van der Waals surface area (Å²) in [5, 5.41) is 2.67. The van der Waals surface area contributed by atoms with E-state index in [1.807, 2.05) is 4.90 Å². The van der Waals surface area contributed by atoms with Crippen molar-refractivity contribution in [1.29, 1.82) is 0 Å². The molecule has 1 aromatic rings. The Bertz CT molecular complexity index is 693. The van der Waals surface area contributed by atoms with Crippen LogP contribution in [0.1, 0.15) is 28.8 Å². The highest BCUT2D eigenvalue weighted by Crippen LogP contribution is 2.32. The molecule has 0 aliphatic carbocycles. The molecule has 0 atom stereocenters. The normalized spacial score (nSPS) is 16.8. The highest BCUT2D eigenvalue weighted by atomic mass is 79.9. The van der Waals surface area contributed by atoms with Gasteiger partial charge in [-0.1, -0.05) is 15.9 Å². The van der Waals surface area contributed by atoms with Crippen LogP contribution in [0.15, 0.2) is 22.7 Å². The first-order chi connectivity index (χ1) is 13.4. The number of hydrogen-bond acceptors (Lipinski definition) is 4. The molecule has 0 saturated carbocycles. The van der Waals surface area contributed by atoms with Crippen molar-refractivity contribution in [3.63, 3.8) is 0 Å². The molecule has 12 heteroatoms. The summed E-state index contributed by atoms with van der Waals surface area (Å²) >= 11 is 2.73. The number of carbonyl (C=O) groups is 1. The minimum absolute atomic E-state index is 0.0719. The maximum atomic E-state index is 12.9. The Morgan fingerprint density at radius 2 is 1.79 bits per heavy atom. The van der Waals surface area contributed by atoms with E-state index < -0.39 is 23.2 Å². The summed E-state index contributed by atoms with van der Waals surface area (Å²) in [5.74, 6) is -0.408. The summed E-state index contributed by atoms with van der Waals surface area (Å²) < 4.78 is 77.2. The third-order valence-electron chi connectivity index (χ3n) is 4.46. The van der Waals surface area contributed by atoms with Crippen molar-refractivity contribution in [2.24, 2.45) is 5.92 Å². The second kappa shape index (κ2) is 10.4. The Hall–Kier alpha value is -0.980. The minimum Gasteiger partial charge on any atom is -0.352 e. The number of benzene rings is 1. The number of hydrogen-bond donors (Lipinski definition) is 2. The number of alkyl halides is 6. The van der Waals surface area contributed by atoms with Gasteiger partial charge in [-0.15, -0.1) is 0 Å². The van der Waals surface area contributed by atoms with Crippen molar-refractivity contribution < 1.29 is 31.1 Å². The van der Waals surface area contributed by atoms with E-state index in [1.54, 1.807) is 0 Å². The van der Waals surface area contributed by atoms with E-state index >= 15 is 0 Å². The van der Waals surface area contributed by atoms with Gasteiger partial charge in [0.25, 0.3) is 5.91 Å². The van der Waals surface area contributed by atoms with Crippen molar-refractivity contribution in [3.05, 3.63) is 33.8 Å². The first kappa shape index (κ1) is 24.3. The van der Waals surface area contributed by atoms with Gasteiger partial charge in [0.2, 0.25) is 0 Å². The van der Waals surface area contributed by atoms with Gasteiger partial charge in [0.15, 0.2) is 0 Å². The summed E-state index contributed by atoms with van der Waals surface area (Å²) in [5.41, 5.74) is -5.28. The summed E-state index contributed by atoms with van der Waals surface area (Å²) in [6, 6.07) is 3.06. The van der Waals surface area contributed by atoms with Crippen molar-refractivity contribution in [3.8, 4) is 0 Å². The minimum atomic E-state index is -4.54. The highest BCUT2D eigenvalue weighted by Gasteiger charge is 2.32. The maximum Gasteiger partial charge on any atom is 0.456 e. The quantitative estimate of drug-likeness (QED) is 0.320. The fourth-order valence-corrected chi connectivity index (χ4v) is 3.82. The average Bonchev–Trinajstić information content (AvgIpc) is 2.62. The molecule has 2 rings (SSSR count). The van der Waals surface area contributed by atoms with Crippen LogP contribution in [0.3, 0.4) is 0 Å². The van der Waals surface area contributed by atoms with E-state index in [9.17, 15) is 31.1 Å². The van der Waals surface area contributed by atoms with E-state index in [1.165, 1.54) is 6.07 Å². The molecule has 2 N–H and O–H groups in total. The molecule has 1 aromatic carbocycles. The lowest BCUT2D eigenvalue weighted by Gasteiger charge is -2.32. The lowest BCUT2D eigenvalue weighted by molar-refractivity contribution is -0.137. The molecule has 0 bridgehead atoms. The Balaban J connectivity index is 1.74. The number of nitrogens with zero attached hydrogens (tertiary/aromatic N) is 1. The summed E-state index contributed by atoms with van der Waals surface area (Å²) in [7, 11) is 0. The molecule has 1 amide bonds. The van der Waals surface area contributed by atoms with Gasteiger partial charge in [-0.3, -0.25) is 9.52 Å². The first-order valence-electron chi connectivity index (χ1n) is 8.80. The third kappa shape index (κ3) is 8.73. The zero-order valence-electron chi connectivity index (χ0n) is 15.2. The van der Waals surface area contributed by atoms with Gasteiger partial charge in [-0.05, 0) is 50.0 Å². The van der Waals surface area contributed by atoms with Gasteiger partial charge in [0.05, 0.1) is 5.56 Å². The molecule has 4 nitrogen and oxygen atoms in total. The second-order valence-corrected chi connectivity index (χ2v) is 8.53. The number of likely N-dealkylation sites (tertiary alicyclic amines) is 1. The Labute approximate surface area is 177 Å². The maximum absolute atomic E-state index is 12.9. The van der Waals surface area contributed by atoms with Crippen LogP contribution in [0.4, 0.5) is 26.3 Å². The van der Waals surface area contributed by atoms with E-state index in [-0.39, 0.29) is 34.4 Å². The van der Waals surface area contributed by atoms with Crippen molar-refractivity contribution in [2.45, 2.75) is 24.5 Å². The summed E-state index contributed by atoms with van der Waals surface area (Å²) in [6.07, 6.45) is -3.04. The molecule has 0 radical (unpaired) electrons. The molecule has 1 fully saturated rings. The Kier molecular flexibility index (Phi) is 8.68. The first-order valence-corrected chi connectivity index (χ1v) is 10.4. The van der Waals surface area contributed by atoms with Crippen LogP contribution < -0.4 is 10.0 Å². The van der Waals surface area contributed by atoms with Crippen LogP contribution in [-0.2, 0) is 6.18 Å². The van der Waals surface area contributed by atoms with Crippen LogP contribution in [0.25, 0.3) is 0 Å². The molecule has 0 aromatic heterocycles. The zero-order chi connectivity index (χ0) is 21.7. The third-order valence-corrected chi connectivity index (χ3v) is 5.50. The van der Waals surface area contributed by atoms with Gasteiger partial charge in [-0.25, -0.2) is 0 Å². The molecule has 1 aliphatic rings. The number of amides is 1. The fraction of sp³-hybridized carbons (Fsp3) is 0.588. The second-order valence-electron chi connectivity index (χ2n) is 6.66. The lowest BCUT2D eigenvalue weighted by atomic mass is 9.96. The van der Waals surface area contributed by atoms with E-state index in [0.29, 0.717) is 26.2 Å². The van der Waals surface area contributed by atoms with Crippen LogP contribution in [0.5, 0.6) is 0 Å². The monoisotopic (exact) mass is 507 g/mol. The number of nitrogens with one attached hydrogen (secondary N) is 2. The fourth-order valence-electron chi connectivity index (χ4n) is 2.97. The van der Waals surface area contributed by atoms with E-state index in [2.05, 4.69) is 26.0 Å². The van der Waals surface area contributed by atoms with Crippen molar-refractivity contribution in [2.75, 3.05) is 32.7 Å². The predicted octanol–water partition coefficient (Wildman–Crippen LogP) is 4.67. The lowest BCUT2D eigenvalue weighted by Crippen LogP contribution is -2.40. The largest absolute Gasteiger partial charge is 0.456 e. The molecule has 1 saturated heterocycles. The van der Waals surface area contributed by atoms with E-state index in [0.717, 1.165) is 25.0 Å². The van der Waals surface area contributed by atoms with Crippen LogP contribution in [0.2, 0.25) is 0 Å². The van der Waals surface area contributed by atoms with Crippen LogP contribution in [0, 0.1) is 5.92 Å². The Morgan fingerprint density at radius 1 is 1.14 bits per heavy atom. The van der Waals surface area contributed by atoms with Crippen LogP contribution >= 0.6 is 27.9 Å². The summed E-state index contributed by atoms with van der Waals surface area (Å²) in [4.78, 5) is 14.3. The van der Waals surface area contributed by atoms with Gasteiger partial charge in [0.1, 0.15) is 0 Å². The summed E-state index contributed by atoms with van der Waals surface area (Å²) in [6.45, 7) is 2.40. The molecular formula is C17H20BrF6N3OS. The topological polar surface area (TPSA) is 44.4 Å². The number of carbonyl (C=O) groups excluding carboxylic acids is 1. The molecule has 29 heavy (non-hydrogen) atoms. The highest BCUT2D eigenvalue weighted by molar-refractivity contribution is 9.10. The molecule has 1 aliphatic heterocycles. The van der Waals surface area contributed by atoms with Gasteiger partial charge < -0.3 is 10.2 Å². The van der Waals surface area contributed by atoms with Crippen LogP contribution in [-0.4, -0.2) is 49.0 Å². The van der Waals surface area contributed by atoms with Gasteiger partial charge in [-0.2, -0.15) is 26.3 Å². The number of rotatable bonds is 7. The van der Waals surface area contributed by atoms with E-state index in [4.69, 9.17) is 0 Å². The van der Waals surface area contributed by atoms with Crippen molar-refractivity contribution >= 4 is 33.8 Å². The number of piperidine rings is 1. The predicted molar refractivity (Wildman–Crippen MR) is 102 cm³/mol. The SMILES string of the molecule is O=C(NCC1CCN(CCNSC(F)(F)F)CC1)c1cc(Br)cc(C(F)(F)F)c1. The van der Waals surface area contributed by atoms with Gasteiger partial charge in [0, 0.05) is 41.6 Å². The molecule has 0 unspecified atom stereocenters. The molecular weight excluding hydrogens is 488 g/mol. The number of halogens is 7. The van der Waals surface area contributed by atoms with Gasteiger partial charge >= 0.3 is 11.7 Å². The standard InChI is InChI=1S/C17H20BrF6N3OS/c18-14-8-12(7-13(9-14)16(19,20)21)15(28)25-10-11-1-4-27(5-2-11)6-3-26-29-17(22,23)24/h7-9,11,26H,1-6,10H2,(H,25,28). The van der Waals surface area contributed by atoms with Crippen molar-refractivity contribution in [1.82, 2.24) is 14.9 Å². The molecule has 164 valence electrons. The average molecular weight is 508 g/mol. The smallest absolute Gasteiger partial charge is 0.352 e. The zero-order valence-corrected chi connectivity index (χ0v) is 17.6.